The fourth-order valence-corrected chi connectivity index (χ4v) is 2.79. The number of nitrogens with two attached hydrogens (primary N) is 1. The molecule has 0 fully saturated rings. The van der Waals surface area contributed by atoms with Gasteiger partial charge in [0.2, 0.25) is 5.89 Å². The minimum Gasteiger partial charge on any atom is -0.339 e. The maximum atomic E-state index is 5.67. The van der Waals surface area contributed by atoms with Gasteiger partial charge >= 0.3 is 0 Å². The lowest BCUT2D eigenvalue weighted by Gasteiger charge is -2.12. The van der Waals surface area contributed by atoms with Crippen LogP contribution in [0.4, 0.5) is 0 Å². The smallest absolute Gasteiger partial charge is 0.226 e. The fraction of sp³-hybridized carbons (Fsp3) is 0.667. The van der Waals surface area contributed by atoms with E-state index < -0.39 is 0 Å². The van der Waals surface area contributed by atoms with E-state index in [1.807, 2.05) is 4.57 Å². The number of aryl methyl sites for hydroxylation is 1. The van der Waals surface area contributed by atoms with E-state index in [0.717, 1.165) is 23.8 Å². The zero-order chi connectivity index (χ0) is 14.5. The quantitative estimate of drug-likeness (QED) is 0.780. The minimum absolute atomic E-state index is 0.270. The van der Waals surface area contributed by atoms with Crippen molar-refractivity contribution in [1.82, 2.24) is 24.9 Å². The third-order valence-electron chi connectivity index (χ3n) is 2.74. The average molecular weight is 296 g/mol. The molecule has 2 N–H and O–H groups in total. The first-order valence-corrected chi connectivity index (χ1v) is 7.72. The zero-order valence-corrected chi connectivity index (χ0v) is 12.9. The summed E-state index contributed by atoms with van der Waals surface area (Å²) in [6, 6.07) is 0.270. The zero-order valence-electron chi connectivity index (χ0n) is 12.0. The molecule has 2 heterocycles. The van der Waals surface area contributed by atoms with Crippen LogP contribution in [0.3, 0.4) is 0 Å². The van der Waals surface area contributed by atoms with E-state index in [-0.39, 0.29) is 6.04 Å². The first kappa shape index (κ1) is 15.0. The van der Waals surface area contributed by atoms with Gasteiger partial charge in [-0.3, -0.25) is 0 Å². The van der Waals surface area contributed by atoms with E-state index in [1.165, 1.54) is 0 Å². The van der Waals surface area contributed by atoms with Crippen LogP contribution in [0.15, 0.2) is 9.68 Å². The number of thioether (sulfide) groups is 1. The number of hydrogen-bond acceptors (Lipinski definition) is 7. The number of aromatic nitrogens is 5. The van der Waals surface area contributed by atoms with E-state index in [1.54, 1.807) is 11.8 Å². The Hall–Kier alpha value is -1.41. The van der Waals surface area contributed by atoms with E-state index >= 15 is 0 Å². The van der Waals surface area contributed by atoms with E-state index in [9.17, 15) is 0 Å². The Kier molecular flexibility index (Phi) is 5.13. The van der Waals surface area contributed by atoms with Crippen LogP contribution in [-0.2, 0) is 18.7 Å². The first-order chi connectivity index (χ1) is 9.65. The molecule has 2 aromatic rings. The standard InChI is InChI=1S/C12H20N6OS/c1-4-5-11-14-9(17-19-11)7-20-12-16-15-10(6-13)18(12)8(2)3/h8H,4-7,13H2,1-3H3. The molecule has 0 radical (unpaired) electrons. The lowest BCUT2D eigenvalue weighted by molar-refractivity contribution is 0.373. The lowest BCUT2D eigenvalue weighted by Crippen LogP contribution is -2.11. The second-order valence-corrected chi connectivity index (χ2v) is 5.65. The predicted octanol–water partition coefficient (Wildman–Crippen LogP) is 1.95. The predicted molar refractivity (Wildman–Crippen MR) is 76.2 cm³/mol. The molecule has 110 valence electrons. The number of nitrogens with zero attached hydrogens (tertiary/aromatic N) is 5. The molecule has 0 bridgehead atoms. The second kappa shape index (κ2) is 6.85. The van der Waals surface area contributed by atoms with Crippen molar-refractivity contribution in [2.45, 2.75) is 57.1 Å². The van der Waals surface area contributed by atoms with Crippen LogP contribution in [0, 0.1) is 0 Å². The molecule has 0 aliphatic rings. The van der Waals surface area contributed by atoms with E-state index in [0.29, 0.717) is 24.0 Å². The molecule has 20 heavy (non-hydrogen) atoms. The molecular formula is C12H20N6OS. The van der Waals surface area contributed by atoms with Crippen molar-refractivity contribution in [3.8, 4) is 0 Å². The minimum atomic E-state index is 0.270. The second-order valence-electron chi connectivity index (χ2n) is 4.71. The van der Waals surface area contributed by atoms with Crippen LogP contribution in [0.2, 0.25) is 0 Å². The summed E-state index contributed by atoms with van der Waals surface area (Å²) in [5.41, 5.74) is 5.67. The molecule has 2 aromatic heterocycles. The van der Waals surface area contributed by atoms with Gasteiger partial charge < -0.3 is 14.8 Å². The van der Waals surface area contributed by atoms with Gasteiger partial charge in [0.1, 0.15) is 5.82 Å². The highest BCUT2D eigenvalue weighted by Gasteiger charge is 2.15. The van der Waals surface area contributed by atoms with Gasteiger partial charge in [-0.15, -0.1) is 10.2 Å². The SMILES string of the molecule is CCCc1nc(CSc2nnc(CN)n2C(C)C)no1. The van der Waals surface area contributed by atoms with Gasteiger partial charge in [-0.25, -0.2) is 0 Å². The maximum Gasteiger partial charge on any atom is 0.226 e. The fourth-order valence-electron chi connectivity index (χ4n) is 1.86. The van der Waals surface area contributed by atoms with Gasteiger partial charge in [0, 0.05) is 12.5 Å². The maximum absolute atomic E-state index is 5.67. The topological polar surface area (TPSA) is 95.7 Å². The van der Waals surface area contributed by atoms with Crippen LogP contribution in [-0.4, -0.2) is 24.9 Å². The Bertz CT molecular complexity index is 550. The van der Waals surface area contributed by atoms with Gasteiger partial charge in [0.15, 0.2) is 11.0 Å². The van der Waals surface area contributed by atoms with Crippen LogP contribution in [0.25, 0.3) is 0 Å². The Morgan fingerprint density at radius 1 is 1.35 bits per heavy atom. The molecule has 0 aliphatic carbocycles. The first-order valence-electron chi connectivity index (χ1n) is 6.73. The van der Waals surface area contributed by atoms with Gasteiger partial charge in [-0.2, -0.15) is 4.98 Å². The van der Waals surface area contributed by atoms with Gasteiger partial charge in [0.05, 0.1) is 12.3 Å². The van der Waals surface area contributed by atoms with Crippen molar-refractivity contribution < 1.29 is 4.52 Å². The average Bonchev–Trinajstić information content (AvgIpc) is 3.02. The van der Waals surface area contributed by atoms with Gasteiger partial charge in [-0.05, 0) is 20.3 Å². The van der Waals surface area contributed by atoms with Crippen molar-refractivity contribution in [2.24, 2.45) is 5.73 Å². The van der Waals surface area contributed by atoms with Crippen LogP contribution in [0.1, 0.15) is 50.8 Å². The van der Waals surface area contributed by atoms with E-state index in [2.05, 4.69) is 41.1 Å². The summed E-state index contributed by atoms with van der Waals surface area (Å²) in [5, 5.41) is 13.1. The van der Waals surface area contributed by atoms with Crippen LogP contribution in [0.5, 0.6) is 0 Å². The lowest BCUT2D eigenvalue weighted by atomic mass is 10.3. The third-order valence-corrected chi connectivity index (χ3v) is 3.68. The summed E-state index contributed by atoms with van der Waals surface area (Å²) in [4.78, 5) is 4.34. The van der Waals surface area contributed by atoms with Crippen LogP contribution < -0.4 is 5.73 Å². The molecule has 8 heteroatoms. The summed E-state index contributed by atoms with van der Waals surface area (Å²) in [6.45, 7) is 6.63. The van der Waals surface area contributed by atoms with Crippen LogP contribution >= 0.6 is 11.8 Å². The van der Waals surface area contributed by atoms with Gasteiger partial charge in [0.25, 0.3) is 0 Å². The number of hydrogen-bond donors (Lipinski definition) is 1. The Labute approximate surface area is 122 Å². The molecule has 0 unspecified atom stereocenters. The molecule has 2 rings (SSSR count). The van der Waals surface area contributed by atoms with Crippen molar-refractivity contribution in [1.29, 1.82) is 0 Å². The third kappa shape index (κ3) is 3.37. The van der Waals surface area contributed by atoms with Crippen molar-refractivity contribution >= 4 is 11.8 Å². The molecular weight excluding hydrogens is 276 g/mol. The molecule has 0 aromatic carbocycles. The Morgan fingerprint density at radius 2 is 2.15 bits per heavy atom. The monoisotopic (exact) mass is 296 g/mol. The highest BCUT2D eigenvalue weighted by atomic mass is 32.2. The van der Waals surface area contributed by atoms with Crippen molar-refractivity contribution in [3.63, 3.8) is 0 Å². The highest BCUT2D eigenvalue weighted by molar-refractivity contribution is 7.98. The molecule has 0 saturated carbocycles. The highest BCUT2D eigenvalue weighted by Crippen LogP contribution is 2.24. The molecule has 0 atom stereocenters. The van der Waals surface area contributed by atoms with Gasteiger partial charge in [-0.1, -0.05) is 23.8 Å². The summed E-state index contributed by atoms with van der Waals surface area (Å²) in [5.74, 6) is 2.78. The summed E-state index contributed by atoms with van der Waals surface area (Å²) in [7, 11) is 0. The molecule has 0 spiro atoms. The summed E-state index contributed by atoms with van der Waals surface area (Å²) in [6.07, 6.45) is 1.81. The normalized spacial score (nSPS) is 11.4. The largest absolute Gasteiger partial charge is 0.339 e. The molecule has 0 amide bonds. The molecule has 0 saturated heterocycles. The Balaban J connectivity index is 2.04. The molecule has 0 aliphatic heterocycles. The van der Waals surface area contributed by atoms with E-state index in [4.69, 9.17) is 10.3 Å². The molecule has 7 nitrogen and oxygen atoms in total. The summed E-state index contributed by atoms with van der Waals surface area (Å²) >= 11 is 1.54. The Morgan fingerprint density at radius 3 is 2.80 bits per heavy atom. The van der Waals surface area contributed by atoms with Crippen molar-refractivity contribution in [2.75, 3.05) is 0 Å². The summed E-state index contributed by atoms with van der Waals surface area (Å²) < 4.78 is 7.20. The number of rotatable bonds is 7. The van der Waals surface area contributed by atoms with Crippen molar-refractivity contribution in [3.05, 3.63) is 17.5 Å².